The van der Waals surface area contributed by atoms with Gasteiger partial charge in [-0.25, -0.2) is 4.98 Å². The Morgan fingerprint density at radius 2 is 1.90 bits per heavy atom. The average molecular weight is 287 g/mol. The molecule has 0 aliphatic carbocycles. The van der Waals surface area contributed by atoms with Crippen molar-refractivity contribution in [3.05, 3.63) is 63.8 Å². The fraction of sp³-hybridized carbons (Fsp3) is 0.267. The van der Waals surface area contributed by atoms with E-state index in [0.717, 1.165) is 11.1 Å². The molecule has 1 aromatic heterocycles. The molecule has 0 fully saturated rings. The maximum atomic E-state index is 10.5. The van der Waals surface area contributed by atoms with E-state index in [1.165, 1.54) is 12.3 Å². The molecule has 0 aliphatic rings. The van der Waals surface area contributed by atoms with Gasteiger partial charge in [-0.3, -0.25) is 10.1 Å². The van der Waals surface area contributed by atoms with Gasteiger partial charge in [0.25, 0.3) is 5.69 Å². The Morgan fingerprint density at radius 1 is 1.19 bits per heavy atom. The summed E-state index contributed by atoms with van der Waals surface area (Å²) in [7, 11) is 0. The lowest BCUT2D eigenvalue weighted by molar-refractivity contribution is -0.385. The summed E-state index contributed by atoms with van der Waals surface area (Å²) < 4.78 is 5.34. The maximum absolute atomic E-state index is 10.5. The van der Waals surface area contributed by atoms with Gasteiger partial charge >= 0.3 is 0 Å². The zero-order valence-electron chi connectivity index (χ0n) is 11.8. The monoisotopic (exact) mass is 287 g/mol. The zero-order chi connectivity index (χ0) is 15.1. The van der Waals surface area contributed by atoms with Crippen molar-refractivity contribution in [2.45, 2.75) is 20.1 Å². The van der Waals surface area contributed by atoms with E-state index < -0.39 is 4.92 Å². The third-order valence-electron chi connectivity index (χ3n) is 2.93. The standard InChI is InChI=1S/C15H17N3O3/c1-2-21-11-13-5-3-12(4-6-13)9-16-15-8-7-14(10-17-15)18(19)20/h3-8,10H,2,9,11H2,1H3,(H,16,17). The second-order valence-electron chi connectivity index (χ2n) is 4.47. The van der Waals surface area contributed by atoms with Gasteiger partial charge in [-0.05, 0) is 24.1 Å². The highest BCUT2D eigenvalue weighted by molar-refractivity contribution is 5.40. The molecule has 0 spiro atoms. The predicted octanol–water partition coefficient (Wildman–Crippen LogP) is 3.14. The number of benzene rings is 1. The molecule has 0 saturated heterocycles. The maximum Gasteiger partial charge on any atom is 0.287 e. The van der Waals surface area contributed by atoms with Crippen LogP contribution in [0.3, 0.4) is 0 Å². The first-order valence-corrected chi connectivity index (χ1v) is 6.69. The van der Waals surface area contributed by atoms with Gasteiger partial charge in [-0.1, -0.05) is 24.3 Å². The van der Waals surface area contributed by atoms with E-state index in [-0.39, 0.29) is 5.69 Å². The quantitative estimate of drug-likeness (QED) is 0.625. The van der Waals surface area contributed by atoms with Crippen LogP contribution >= 0.6 is 0 Å². The molecule has 21 heavy (non-hydrogen) atoms. The van der Waals surface area contributed by atoms with Gasteiger partial charge in [0.1, 0.15) is 12.0 Å². The van der Waals surface area contributed by atoms with Gasteiger partial charge in [-0.2, -0.15) is 0 Å². The second-order valence-corrected chi connectivity index (χ2v) is 4.47. The highest BCUT2D eigenvalue weighted by atomic mass is 16.6. The van der Waals surface area contributed by atoms with Crippen LogP contribution in [0.2, 0.25) is 0 Å². The van der Waals surface area contributed by atoms with Crippen molar-refractivity contribution in [2.75, 3.05) is 11.9 Å². The minimum Gasteiger partial charge on any atom is -0.377 e. The van der Waals surface area contributed by atoms with Crippen LogP contribution < -0.4 is 5.32 Å². The molecule has 110 valence electrons. The molecule has 1 aromatic carbocycles. The summed E-state index contributed by atoms with van der Waals surface area (Å²) in [5, 5.41) is 13.7. The summed E-state index contributed by atoms with van der Waals surface area (Å²) in [4.78, 5) is 14.1. The van der Waals surface area contributed by atoms with Crippen molar-refractivity contribution < 1.29 is 9.66 Å². The van der Waals surface area contributed by atoms with Crippen LogP contribution in [0.25, 0.3) is 0 Å². The minimum absolute atomic E-state index is 0.0131. The largest absolute Gasteiger partial charge is 0.377 e. The summed E-state index contributed by atoms with van der Waals surface area (Å²) in [6.07, 6.45) is 1.24. The molecule has 0 unspecified atom stereocenters. The van der Waals surface area contributed by atoms with Crippen molar-refractivity contribution in [2.24, 2.45) is 0 Å². The molecule has 1 N–H and O–H groups in total. The third kappa shape index (κ3) is 4.54. The number of nitrogens with one attached hydrogen (secondary N) is 1. The lowest BCUT2D eigenvalue weighted by atomic mass is 10.1. The number of nitro groups is 1. The van der Waals surface area contributed by atoms with Gasteiger partial charge in [-0.15, -0.1) is 0 Å². The van der Waals surface area contributed by atoms with E-state index in [2.05, 4.69) is 10.3 Å². The lowest BCUT2D eigenvalue weighted by Gasteiger charge is -2.07. The van der Waals surface area contributed by atoms with Gasteiger partial charge < -0.3 is 10.1 Å². The normalized spacial score (nSPS) is 10.3. The van der Waals surface area contributed by atoms with E-state index in [1.807, 2.05) is 31.2 Å². The Hall–Kier alpha value is -2.47. The third-order valence-corrected chi connectivity index (χ3v) is 2.93. The summed E-state index contributed by atoms with van der Waals surface area (Å²) >= 11 is 0. The van der Waals surface area contributed by atoms with Crippen LogP contribution in [0.1, 0.15) is 18.1 Å². The van der Waals surface area contributed by atoms with Gasteiger partial charge in [0, 0.05) is 19.2 Å². The van der Waals surface area contributed by atoms with Crippen molar-refractivity contribution in [3.8, 4) is 0 Å². The average Bonchev–Trinajstić information content (AvgIpc) is 2.52. The smallest absolute Gasteiger partial charge is 0.287 e. The highest BCUT2D eigenvalue weighted by Crippen LogP contribution is 2.13. The Morgan fingerprint density at radius 3 is 2.48 bits per heavy atom. The molecule has 0 amide bonds. The number of pyridine rings is 1. The minimum atomic E-state index is -0.464. The van der Waals surface area contributed by atoms with E-state index in [1.54, 1.807) is 6.07 Å². The summed E-state index contributed by atoms with van der Waals surface area (Å²) in [5.41, 5.74) is 2.23. The van der Waals surface area contributed by atoms with E-state index in [4.69, 9.17) is 4.74 Å². The molecule has 0 atom stereocenters. The SMILES string of the molecule is CCOCc1ccc(CNc2ccc([N+](=O)[O-])cn2)cc1. The van der Waals surface area contributed by atoms with Crippen molar-refractivity contribution in [1.82, 2.24) is 4.98 Å². The number of aromatic nitrogens is 1. The number of anilines is 1. The first-order chi connectivity index (χ1) is 10.2. The molecular formula is C15H17N3O3. The van der Waals surface area contributed by atoms with Gasteiger partial charge in [0.2, 0.25) is 0 Å². The van der Waals surface area contributed by atoms with Gasteiger partial charge in [0.15, 0.2) is 0 Å². The molecule has 2 rings (SSSR count). The molecular weight excluding hydrogens is 270 g/mol. The van der Waals surface area contributed by atoms with Crippen LogP contribution in [0.5, 0.6) is 0 Å². The van der Waals surface area contributed by atoms with Gasteiger partial charge in [0.05, 0.1) is 11.5 Å². The number of ether oxygens (including phenoxy) is 1. The van der Waals surface area contributed by atoms with Crippen LogP contribution in [0, 0.1) is 10.1 Å². The van der Waals surface area contributed by atoms with Crippen molar-refractivity contribution in [3.63, 3.8) is 0 Å². The van der Waals surface area contributed by atoms with Crippen molar-refractivity contribution in [1.29, 1.82) is 0 Å². The fourth-order valence-corrected chi connectivity index (χ4v) is 1.76. The number of rotatable bonds is 7. The predicted molar refractivity (Wildman–Crippen MR) is 80.0 cm³/mol. The van der Waals surface area contributed by atoms with Crippen LogP contribution in [0.15, 0.2) is 42.6 Å². The van der Waals surface area contributed by atoms with E-state index in [9.17, 15) is 10.1 Å². The number of hydrogen-bond acceptors (Lipinski definition) is 5. The van der Waals surface area contributed by atoms with Crippen LogP contribution in [-0.2, 0) is 17.9 Å². The zero-order valence-corrected chi connectivity index (χ0v) is 11.8. The van der Waals surface area contributed by atoms with E-state index >= 15 is 0 Å². The molecule has 6 heteroatoms. The molecule has 0 radical (unpaired) electrons. The summed E-state index contributed by atoms with van der Waals surface area (Å²) in [6.45, 7) is 3.90. The molecule has 6 nitrogen and oxygen atoms in total. The van der Waals surface area contributed by atoms with E-state index in [0.29, 0.717) is 25.6 Å². The number of nitrogens with zero attached hydrogens (tertiary/aromatic N) is 2. The number of hydrogen-bond donors (Lipinski definition) is 1. The Bertz CT molecular complexity index is 582. The summed E-state index contributed by atoms with van der Waals surface area (Å²) in [6, 6.07) is 11.1. The molecule has 0 aliphatic heterocycles. The highest BCUT2D eigenvalue weighted by Gasteiger charge is 2.04. The molecule has 0 saturated carbocycles. The van der Waals surface area contributed by atoms with Crippen LogP contribution in [0.4, 0.5) is 11.5 Å². The first kappa shape index (κ1) is 14.9. The Kier molecular flexibility index (Phi) is 5.22. The van der Waals surface area contributed by atoms with Crippen LogP contribution in [-0.4, -0.2) is 16.5 Å². The second kappa shape index (κ2) is 7.35. The molecule has 1 heterocycles. The summed E-state index contributed by atoms with van der Waals surface area (Å²) in [5.74, 6) is 0.610. The fourth-order valence-electron chi connectivity index (χ4n) is 1.76. The molecule has 0 bridgehead atoms. The Labute approximate surface area is 122 Å². The first-order valence-electron chi connectivity index (χ1n) is 6.69. The van der Waals surface area contributed by atoms with Crippen molar-refractivity contribution >= 4 is 11.5 Å². The lowest BCUT2D eigenvalue weighted by Crippen LogP contribution is -2.02. The molecule has 2 aromatic rings. The Balaban J connectivity index is 1.88. The topological polar surface area (TPSA) is 77.3 Å².